The van der Waals surface area contributed by atoms with Gasteiger partial charge in [-0.15, -0.1) is 5.10 Å². The molecule has 0 aliphatic carbocycles. The zero-order valence-corrected chi connectivity index (χ0v) is 9.54. The lowest BCUT2D eigenvalue weighted by Gasteiger charge is -2.05. The quantitative estimate of drug-likeness (QED) is 0.828. The van der Waals surface area contributed by atoms with E-state index in [-0.39, 0.29) is 17.2 Å². The summed E-state index contributed by atoms with van der Waals surface area (Å²) in [5.74, 6) is -1.25. The third-order valence-corrected chi connectivity index (χ3v) is 2.39. The number of nitrogens with zero attached hydrogens (tertiary/aromatic N) is 4. The molecule has 0 fully saturated rings. The summed E-state index contributed by atoms with van der Waals surface area (Å²) in [7, 11) is 0. The van der Waals surface area contributed by atoms with E-state index in [0.717, 1.165) is 6.42 Å². The van der Waals surface area contributed by atoms with E-state index in [1.807, 2.05) is 6.92 Å². The van der Waals surface area contributed by atoms with Crippen molar-refractivity contribution in [2.75, 3.05) is 0 Å². The molecular weight excluding hydrogens is 224 g/mol. The lowest BCUT2D eigenvalue weighted by atomic mass is 10.3. The van der Waals surface area contributed by atoms with Gasteiger partial charge >= 0.3 is 5.97 Å². The van der Waals surface area contributed by atoms with Crippen LogP contribution in [0.25, 0.3) is 5.78 Å². The summed E-state index contributed by atoms with van der Waals surface area (Å²) in [5, 5.41) is 12.6. The highest BCUT2D eigenvalue weighted by atomic mass is 16.4. The van der Waals surface area contributed by atoms with Crippen molar-refractivity contribution >= 4 is 11.7 Å². The molecule has 0 unspecified atom stereocenters. The zero-order valence-electron chi connectivity index (χ0n) is 9.54. The zero-order chi connectivity index (χ0) is 12.6. The van der Waals surface area contributed by atoms with Crippen LogP contribution in [0.3, 0.4) is 0 Å². The first-order valence-electron chi connectivity index (χ1n) is 5.24. The molecule has 2 rings (SSSR count). The first kappa shape index (κ1) is 11.3. The molecule has 7 heteroatoms. The van der Waals surface area contributed by atoms with Gasteiger partial charge in [0.2, 0.25) is 5.78 Å². The molecule has 0 aliphatic heterocycles. The van der Waals surface area contributed by atoms with Crippen LogP contribution in [0.5, 0.6) is 0 Å². The van der Waals surface area contributed by atoms with Crippen LogP contribution in [0.15, 0.2) is 11.0 Å². The lowest BCUT2D eigenvalue weighted by molar-refractivity contribution is 0.0684. The molecule has 0 radical (unpaired) electrons. The molecule has 0 aliphatic rings. The molecule has 0 bridgehead atoms. The topological polar surface area (TPSA) is 89.5 Å². The van der Waals surface area contributed by atoms with E-state index in [1.165, 1.54) is 15.3 Å². The van der Waals surface area contributed by atoms with E-state index in [2.05, 4.69) is 10.1 Å². The first-order valence-corrected chi connectivity index (χ1v) is 5.24. The minimum Gasteiger partial charge on any atom is -0.475 e. The SMILES string of the molecule is CCCn1c(=O)c(C)cn2nc(C(=O)O)nc12. The number of hydrogen-bond donors (Lipinski definition) is 1. The van der Waals surface area contributed by atoms with Crippen LogP contribution in [-0.2, 0) is 6.54 Å². The molecule has 0 spiro atoms. The van der Waals surface area contributed by atoms with Crippen molar-refractivity contribution in [1.29, 1.82) is 0 Å². The van der Waals surface area contributed by atoms with Gasteiger partial charge in [0.05, 0.1) is 0 Å². The molecule has 0 aromatic carbocycles. The highest BCUT2D eigenvalue weighted by Gasteiger charge is 2.15. The van der Waals surface area contributed by atoms with Crippen molar-refractivity contribution in [2.45, 2.75) is 26.8 Å². The van der Waals surface area contributed by atoms with Crippen LogP contribution in [0.1, 0.15) is 29.5 Å². The second-order valence-electron chi connectivity index (χ2n) is 3.75. The predicted octanol–water partition coefficient (Wildman–Crippen LogP) is 0.308. The van der Waals surface area contributed by atoms with Crippen molar-refractivity contribution in [2.24, 2.45) is 0 Å². The van der Waals surface area contributed by atoms with Crippen LogP contribution in [0.4, 0.5) is 0 Å². The van der Waals surface area contributed by atoms with Crippen molar-refractivity contribution in [1.82, 2.24) is 19.2 Å². The molecule has 2 aromatic rings. The van der Waals surface area contributed by atoms with Gasteiger partial charge < -0.3 is 5.11 Å². The fourth-order valence-electron chi connectivity index (χ4n) is 1.64. The van der Waals surface area contributed by atoms with Gasteiger partial charge in [-0.2, -0.15) is 4.98 Å². The molecule has 90 valence electrons. The number of carboxylic acids is 1. The molecule has 17 heavy (non-hydrogen) atoms. The maximum atomic E-state index is 11.9. The Labute approximate surface area is 96.3 Å². The van der Waals surface area contributed by atoms with E-state index in [9.17, 15) is 9.59 Å². The Balaban J connectivity index is 2.78. The van der Waals surface area contributed by atoms with Crippen molar-refractivity contribution < 1.29 is 9.90 Å². The van der Waals surface area contributed by atoms with E-state index in [1.54, 1.807) is 6.92 Å². The lowest BCUT2D eigenvalue weighted by Crippen LogP contribution is -2.24. The Hall–Kier alpha value is -2.18. The summed E-state index contributed by atoms with van der Waals surface area (Å²) in [6.07, 6.45) is 2.25. The second-order valence-corrected chi connectivity index (χ2v) is 3.75. The molecule has 2 heterocycles. The number of hydrogen-bond acceptors (Lipinski definition) is 4. The van der Waals surface area contributed by atoms with E-state index in [0.29, 0.717) is 12.1 Å². The minimum absolute atomic E-state index is 0.163. The third kappa shape index (κ3) is 1.79. The Bertz CT molecular complexity index is 641. The first-order chi connectivity index (χ1) is 8.04. The number of fused-ring (bicyclic) bond motifs is 1. The van der Waals surface area contributed by atoms with E-state index >= 15 is 0 Å². The summed E-state index contributed by atoms with van der Waals surface area (Å²) in [6.45, 7) is 4.08. The number of carbonyl (C=O) groups is 1. The number of aryl methyl sites for hydroxylation is 2. The number of aromatic carboxylic acids is 1. The second kappa shape index (κ2) is 4.00. The molecule has 2 aromatic heterocycles. The molecule has 0 saturated carbocycles. The third-order valence-electron chi connectivity index (χ3n) is 2.39. The summed E-state index contributed by atoms with van der Waals surface area (Å²) < 4.78 is 2.77. The molecule has 0 amide bonds. The Morgan fingerprint density at radius 2 is 2.24 bits per heavy atom. The van der Waals surface area contributed by atoms with Crippen LogP contribution < -0.4 is 5.56 Å². The normalized spacial score (nSPS) is 10.9. The fraction of sp³-hybridized carbons (Fsp3) is 0.400. The minimum atomic E-state index is -1.21. The summed E-state index contributed by atoms with van der Waals surface area (Å²) in [5.41, 5.74) is 0.344. The van der Waals surface area contributed by atoms with Crippen LogP contribution in [-0.4, -0.2) is 30.2 Å². The van der Waals surface area contributed by atoms with Gasteiger partial charge in [-0.1, -0.05) is 6.92 Å². The number of carboxylic acid groups (broad SMARTS) is 1. The summed E-state index contributed by atoms with van der Waals surface area (Å²) in [4.78, 5) is 26.5. The van der Waals surface area contributed by atoms with Gasteiger partial charge in [-0.05, 0) is 13.3 Å². The molecule has 7 nitrogen and oxygen atoms in total. The Kier molecular flexibility index (Phi) is 2.66. The average molecular weight is 236 g/mol. The molecule has 0 atom stereocenters. The van der Waals surface area contributed by atoms with Gasteiger partial charge in [0.15, 0.2) is 0 Å². The van der Waals surface area contributed by atoms with E-state index in [4.69, 9.17) is 5.11 Å². The predicted molar refractivity (Wildman–Crippen MR) is 59.2 cm³/mol. The van der Waals surface area contributed by atoms with Crippen molar-refractivity contribution in [3.05, 3.63) is 27.9 Å². The van der Waals surface area contributed by atoms with Crippen molar-refractivity contribution in [3.63, 3.8) is 0 Å². The van der Waals surface area contributed by atoms with Crippen LogP contribution in [0, 0.1) is 6.92 Å². The fourth-order valence-corrected chi connectivity index (χ4v) is 1.64. The average Bonchev–Trinajstić information content (AvgIpc) is 2.68. The maximum Gasteiger partial charge on any atom is 0.375 e. The summed E-state index contributed by atoms with van der Waals surface area (Å²) >= 11 is 0. The van der Waals surface area contributed by atoms with E-state index < -0.39 is 5.97 Å². The smallest absolute Gasteiger partial charge is 0.375 e. The van der Waals surface area contributed by atoms with Gasteiger partial charge in [0.25, 0.3) is 11.4 Å². The van der Waals surface area contributed by atoms with Crippen LogP contribution >= 0.6 is 0 Å². The van der Waals surface area contributed by atoms with Gasteiger partial charge in [-0.25, -0.2) is 9.31 Å². The van der Waals surface area contributed by atoms with Crippen molar-refractivity contribution in [3.8, 4) is 0 Å². The summed E-state index contributed by atoms with van der Waals surface area (Å²) in [6, 6.07) is 0. The number of aromatic nitrogens is 4. The Morgan fingerprint density at radius 1 is 1.53 bits per heavy atom. The largest absolute Gasteiger partial charge is 0.475 e. The molecular formula is C10H12N4O3. The molecule has 1 N–H and O–H groups in total. The van der Waals surface area contributed by atoms with Gasteiger partial charge in [-0.3, -0.25) is 9.36 Å². The molecule has 0 saturated heterocycles. The van der Waals surface area contributed by atoms with Gasteiger partial charge in [0.1, 0.15) is 0 Å². The van der Waals surface area contributed by atoms with Crippen LogP contribution in [0.2, 0.25) is 0 Å². The monoisotopic (exact) mass is 236 g/mol. The Morgan fingerprint density at radius 3 is 2.82 bits per heavy atom. The maximum absolute atomic E-state index is 11.9. The number of rotatable bonds is 3. The highest BCUT2D eigenvalue weighted by Crippen LogP contribution is 2.02. The van der Waals surface area contributed by atoms with Gasteiger partial charge in [0, 0.05) is 18.3 Å². The highest BCUT2D eigenvalue weighted by molar-refractivity contribution is 5.83. The standard InChI is InChI=1S/C10H12N4O3/c1-3-4-13-8(15)6(2)5-14-10(13)11-7(12-14)9(16)17/h5H,3-4H2,1-2H3,(H,16,17).